The number of aliphatic hydroxyl groups is 2. The van der Waals surface area contributed by atoms with Gasteiger partial charge in [-0.1, -0.05) is 12.1 Å². The summed E-state index contributed by atoms with van der Waals surface area (Å²) in [5.41, 5.74) is -0.105. The van der Waals surface area contributed by atoms with Crippen LogP contribution >= 0.6 is 0 Å². The number of ether oxygens (including phenoxy) is 4. The molecule has 7 heteroatoms. The summed E-state index contributed by atoms with van der Waals surface area (Å²) < 4.78 is 21.3. The maximum Gasteiger partial charge on any atom is 0.308 e. The monoisotopic (exact) mass is 356 g/mol. The van der Waals surface area contributed by atoms with Crippen LogP contribution in [0.15, 0.2) is 24.3 Å². The Hall–Kier alpha value is -1.67. The van der Waals surface area contributed by atoms with Crippen LogP contribution in [0.2, 0.25) is 0 Å². The van der Waals surface area contributed by atoms with Crippen LogP contribution in [0.5, 0.6) is 5.75 Å². The second-order valence-corrected chi connectivity index (χ2v) is 6.36. The molecule has 0 spiro atoms. The molecule has 25 heavy (non-hydrogen) atoms. The lowest BCUT2D eigenvalue weighted by molar-refractivity contribution is -0.156. The molecule has 0 heterocycles. The van der Waals surface area contributed by atoms with Gasteiger partial charge >= 0.3 is 5.97 Å². The fourth-order valence-electron chi connectivity index (χ4n) is 1.85. The Balaban J connectivity index is 2.00. The zero-order valence-electron chi connectivity index (χ0n) is 15.1. The van der Waals surface area contributed by atoms with Crippen LogP contribution in [0.1, 0.15) is 39.0 Å². The quantitative estimate of drug-likeness (QED) is 0.355. The highest BCUT2D eigenvalue weighted by Gasteiger charge is 2.15. The minimum absolute atomic E-state index is 0.216. The Morgan fingerprint density at radius 1 is 1.04 bits per heavy atom. The van der Waals surface area contributed by atoms with Crippen molar-refractivity contribution in [2.24, 2.45) is 0 Å². The zero-order valence-corrected chi connectivity index (χ0v) is 15.1. The van der Waals surface area contributed by atoms with Gasteiger partial charge in [0.15, 0.2) is 6.29 Å². The first-order valence-corrected chi connectivity index (χ1v) is 8.24. The molecule has 1 aromatic carbocycles. The van der Waals surface area contributed by atoms with E-state index in [9.17, 15) is 4.79 Å². The number of carbonyl (C=O) groups excluding carboxylic acids is 1. The molecule has 0 saturated carbocycles. The van der Waals surface area contributed by atoms with Crippen LogP contribution in [-0.2, 0) is 19.0 Å². The predicted molar refractivity (Wildman–Crippen MR) is 91.2 cm³/mol. The van der Waals surface area contributed by atoms with Crippen molar-refractivity contribution in [3.05, 3.63) is 29.8 Å². The van der Waals surface area contributed by atoms with E-state index in [0.717, 1.165) is 0 Å². The third-order valence-corrected chi connectivity index (χ3v) is 2.90. The first-order valence-electron chi connectivity index (χ1n) is 8.24. The van der Waals surface area contributed by atoms with E-state index in [0.29, 0.717) is 44.3 Å². The second kappa shape index (κ2) is 11.0. The van der Waals surface area contributed by atoms with Gasteiger partial charge in [0.05, 0.1) is 32.8 Å². The number of benzene rings is 1. The fourth-order valence-corrected chi connectivity index (χ4v) is 1.85. The average molecular weight is 356 g/mol. The number of aliphatic hydroxyl groups excluding tert-OH is 1. The summed E-state index contributed by atoms with van der Waals surface area (Å²) in [4.78, 5) is 11.5. The summed E-state index contributed by atoms with van der Waals surface area (Å²) in [5, 5.41) is 18.2. The zero-order chi connectivity index (χ0) is 18.7. The maximum absolute atomic E-state index is 11.5. The minimum Gasteiger partial charge on any atom is -0.491 e. The molecule has 0 atom stereocenters. The SMILES string of the molecule is CC(C)(C)OC(=O)CCOCCOCCOc1cccc(C(O)O)c1. The molecule has 0 unspecified atom stereocenters. The average Bonchev–Trinajstić information content (AvgIpc) is 2.51. The van der Waals surface area contributed by atoms with Gasteiger partial charge in [-0.15, -0.1) is 0 Å². The smallest absolute Gasteiger partial charge is 0.308 e. The Morgan fingerprint density at radius 2 is 1.68 bits per heavy atom. The van der Waals surface area contributed by atoms with Gasteiger partial charge in [-0.05, 0) is 32.9 Å². The van der Waals surface area contributed by atoms with Crippen molar-refractivity contribution in [2.45, 2.75) is 39.1 Å². The summed E-state index contributed by atoms with van der Waals surface area (Å²) in [6, 6.07) is 6.57. The third-order valence-electron chi connectivity index (χ3n) is 2.90. The molecule has 0 aromatic heterocycles. The third kappa shape index (κ3) is 10.7. The maximum atomic E-state index is 11.5. The summed E-state index contributed by atoms with van der Waals surface area (Å²) in [7, 11) is 0. The standard InChI is InChI=1S/C18H28O7/c1-18(2,3)25-16(19)7-8-22-9-10-23-11-12-24-15-6-4-5-14(13-15)17(20)21/h4-6,13,17,20-21H,7-12H2,1-3H3. The van der Waals surface area contributed by atoms with Gasteiger partial charge in [0, 0.05) is 5.56 Å². The number of hydrogen-bond acceptors (Lipinski definition) is 7. The molecule has 0 fully saturated rings. The number of carbonyl (C=O) groups is 1. The predicted octanol–water partition coefficient (Wildman–Crippen LogP) is 1.81. The fraction of sp³-hybridized carbons (Fsp3) is 0.611. The Morgan fingerprint density at radius 3 is 2.32 bits per heavy atom. The van der Waals surface area contributed by atoms with E-state index in [1.807, 2.05) is 20.8 Å². The van der Waals surface area contributed by atoms with E-state index in [2.05, 4.69) is 0 Å². The van der Waals surface area contributed by atoms with Crippen LogP contribution in [0, 0.1) is 0 Å². The van der Waals surface area contributed by atoms with Gasteiger partial charge in [-0.3, -0.25) is 4.79 Å². The molecule has 7 nitrogen and oxygen atoms in total. The summed E-state index contributed by atoms with van der Waals surface area (Å²) in [5.74, 6) is 0.264. The van der Waals surface area contributed by atoms with Crippen molar-refractivity contribution in [1.29, 1.82) is 0 Å². The Labute approximate surface area is 148 Å². The molecule has 2 N–H and O–H groups in total. The van der Waals surface area contributed by atoms with Crippen molar-refractivity contribution in [3.63, 3.8) is 0 Å². The molecule has 0 aliphatic heterocycles. The van der Waals surface area contributed by atoms with Crippen molar-refractivity contribution in [1.82, 2.24) is 0 Å². The topological polar surface area (TPSA) is 94.5 Å². The largest absolute Gasteiger partial charge is 0.491 e. The number of esters is 1. The lowest BCUT2D eigenvalue weighted by atomic mass is 10.2. The molecule has 0 bridgehead atoms. The second-order valence-electron chi connectivity index (χ2n) is 6.36. The van der Waals surface area contributed by atoms with Crippen LogP contribution in [0.25, 0.3) is 0 Å². The Kier molecular flexibility index (Phi) is 9.44. The highest BCUT2D eigenvalue weighted by molar-refractivity contribution is 5.69. The molecule has 0 aliphatic carbocycles. The first-order chi connectivity index (χ1) is 11.8. The van der Waals surface area contributed by atoms with Gasteiger partial charge in [0.25, 0.3) is 0 Å². The van der Waals surface area contributed by atoms with Crippen LogP contribution in [-0.4, -0.2) is 54.8 Å². The number of rotatable bonds is 11. The molecule has 1 aromatic rings. The lowest BCUT2D eigenvalue weighted by Gasteiger charge is -2.19. The normalized spacial score (nSPS) is 11.6. The highest BCUT2D eigenvalue weighted by Crippen LogP contribution is 2.17. The van der Waals surface area contributed by atoms with Crippen LogP contribution in [0.4, 0.5) is 0 Å². The number of hydrogen-bond donors (Lipinski definition) is 2. The van der Waals surface area contributed by atoms with E-state index in [-0.39, 0.29) is 12.4 Å². The van der Waals surface area contributed by atoms with E-state index in [1.54, 1.807) is 24.3 Å². The highest BCUT2D eigenvalue weighted by atomic mass is 16.6. The van der Waals surface area contributed by atoms with E-state index >= 15 is 0 Å². The Bertz CT molecular complexity index is 508. The molecule has 0 aliphatic rings. The minimum atomic E-state index is -1.52. The van der Waals surface area contributed by atoms with Crippen molar-refractivity contribution < 1.29 is 34.0 Å². The van der Waals surface area contributed by atoms with E-state index in [4.69, 9.17) is 29.2 Å². The van der Waals surface area contributed by atoms with E-state index in [1.165, 1.54) is 0 Å². The molecule has 0 amide bonds. The molecular weight excluding hydrogens is 328 g/mol. The summed E-state index contributed by atoms with van der Waals surface area (Å²) in [6.45, 7) is 7.26. The molecule has 0 radical (unpaired) electrons. The molecular formula is C18H28O7. The van der Waals surface area contributed by atoms with Crippen molar-refractivity contribution in [2.75, 3.05) is 33.0 Å². The summed E-state index contributed by atoms with van der Waals surface area (Å²) in [6.07, 6.45) is -1.30. The van der Waals surface area contributed by atoms with Gasteiger partial charge in [0.1, 0.15) is 18.0 Å². The van der Waals surface area contributed by atoms with Gasteiger partial charge in [-0.25, -0.2) is 0 Å². The van der Waals surface area contributed by atoms with E-state index < -0.39 is 11.9 Å². The van der Waals surface area contributed by atoms with Crippen LogP contribution in [0.3, 0.4) is 0 Å². The van der Waals surface area contributed by atoms with Crippen molar-refractivity contribution >= 4 is 5.97 Å². The van der Waals surface area contributed by atoms with Gasteiger partial charge < -0.3 is 29.2 Å². The van der Waals surface area contributed by atoms with Crippen molar-refractivity contribution in [3.8, 4) is 5.75 Å². The molecule has 142 valence electrons. The molecule has 1 rings (SSSR count). The molecule has 0 saturated heterocycles. The lowest BCUT2D eigenvalue weighted by Crippen LogP contribution is -2.24. The van der Waals surface area contributed by atoms with Gasteiger partial charge in [0.2, 0.25) is 0 Å². The van der Waals surface area contributed by atoms with Gasteiger partial charge in [-0.2, -0.15) is 0 Å². The first kappa shape index (κ1) is 21.4. The summed E-state index contributed by atoms with van der Waals surface area (Å²) >= 11 is 0. The van der Waals surface area contributed by atoms with Crippen LogP contribution < -0.4 is 4.74 Å².